The first-order chi connectivity index (χ1) is 12.1. The summed E-state index contributed by atoms with van der Waals surface area (Å²) in [5.74, 6) is 0.771. The average Bonchev–Trinajstić information content (AvgIpc) is 3.05. The lowest BCUT2D eigenvalue weighted by Crippen LogP contribution is -2.24. The number of benzene rings is 2. The van der Waals surface area contributed by atoms with Gasteiger partial charge in [0.05, 0.1) is 11.4 Å². The molecular weight excluding hydrogens is 348 g/mol. The maximum absolute atomic E-state index is 12.3. The van der Waals surface area contributed by atoms with E-state index in [0.717, 1.165) is 33.4 Å². The van der Waals surface area contributed by atoms with Gasteiger partial charge in [-0.1, -0.05) is 36.4 Å². The normalized spacial score (nSPS) is 10.7. The monoisotopic (exact) mass is 368 g/mol. The predicted molar refractivity (Wildman–Crippen MR) is 107 cm³/mol. The minimum atomic E-state index is -0.0194. The Bertz CT molecular complexity index is 854. The van der Waals surface area contributed by atoms with Crippen molar-refractivity contribution in [1.82, 2.24) is 4.98 Å². The zero-order valence-corrected chi connectivity index (χ0v) is 16.2. The van der Waals surface area contributed by atoms with Crippen LogP contribution in [0, 0.1) is 13.8 Å². The van der Waals surface area contributed by atoms with Crippen LogP contribution < -0.4 is 4.90 Å². The highest BCUT2D eigenvalue weighted by Gasteiger charge is 2.21. The molecule has 3 rings (SSSR count). The number of amides is 1. The number of aromatic nitrogens is 1. The third-order valence-electron chi connectivity index (χ3n) is 3.84. The van der Waals surface area contributed by atoms with E-state index in [1.54, 1.807) is 23.6 Å². The van der Waals surface area contributed by atoms with E-state index in [2.05, 4.69) is 12.1 Å². The van der Waals surface area contributed by atoms with Gasteiger partial charge in [-0.15, -0.1) is 23.1 Å². The predicted octanol–water partition coefficient (Wildman–Crippen LogP) is 5.74. The van der Waals surface area contributed by atoms with Gasteiger partial charge in [0.2, 0.25) is 5.91 Å². The number of carbonyl (C=O) groups excluding carboxylic acids is 1. The number of aryl methyl sites for hydroxylation is 2. The van der Waals surface area contributed by atoms with Crippen molar-refractivity contribution in [2.75, 3.05) is 4.90 Å². The molecule has 1 heterocycles. The van der Waals surface area contributed by atoms with Crippen LogP contribution in [0.5, 0.6) is 0 Å². The van der Waals surface area contributed by atoms with Gasteiger partial charge in [0.25, 0.3) is 0 Å². The van der Waals surface area contributed by atoms with Crippen molar-refractivity contribution in [3.8, 4) is 0 Å². The van der Waals surface area contributed by atoms with Crippen LogP contribution in [-0.4, -0.2) is 10.9 Å². The zero-order valence-electron chi connectivity index (χ0n) is 14.5. The van der Waals surface area contributed by atoms with Crippen molar-refractivity contribution in [3.63, 3.8) is 0 Å². The molecule has 3 nitrogen and oxygen atoms in total. The van der Waals surface area contributed by atoms with E-state index in [0.29, 0.717) is 0 Å². The Labute approximate surface area is 156 Å². The molecule has 2 aromatic carbocycles. The average molecular weight is 369 g/mol. The summed E-state index contributed by atoms with van der Waals surface area (Å²) in [7, 11) is 0. The minimum absolute atomic E-state index is 0.0194. The quantitative estimate of drug-likeness (QED) is 0.539. The van der Waals surface area contributed by atoms with E-state index in [1.165, 1.54) is 16.2 Å². The molecule has 0 spiro atoms. The van der Waals surface area contributed by atoms with Crippen LogP contribution in [0.3, 0.4) is 0 Å². The van der Waals surface area contributed by atoms with Gasteiger partial charge < -0.3 is 0 Å². The number of thioether (sulfide) groups is 1. The van der Waals surface area contributed by atoms with Crippen LogP contribution in [0.15, 0.2) is 58.8 Å². The molecule has 0 radical (unpaired) electrons. The molecule has 0 aliphatic heterocycles. The van der Waals surface area contributed by atoms with Crippen molar-refractivity contribution in [2.45, 2.75) is 31.4 Å². The first-order valence-electron chi connectivity index (χ1n) is 8.05. The molecule has 0 saturated heterocycles. The van der Waals surface area contributed by atoms with Crippen LogP contribution in [0.2, 0.25) is 0 Å². The van der Waals surface area contributed by atoms with E-state index >= 15 is 0 Å². The van der Waals surface area contributed by atoms with E-state index < -0.39 is 0 Å². The summed E-state index contributed by atoms with van der Waals surface area (Å²) in [6.45, 7) is 5.64. The molecule has 0 N–H and O–H groups in total. The lowest BCUT2D eigenvalue weighted by molar-refractivity contribution is -0.115. The third-order valence-corrected chi connectivity index (χ3v) is 5.76. The third kappa shape index (κ3) is 4.11. The van der Waals surface area contributed by atoms with Crippen molar-refractivity contribution in [1.29, 1.82) is 0 Å². The lowest BCUT2D eigenvalue weighted by Gasteiger charge is -2.22. The molecule has 128 valence electrons. The van der Waals surface area contributed by atoms with Gasteiger partial charge in [0, 0.05) is 23.0 Å². The number of para-hydroxylation sites is 1. The highest BCUT2D eigenvalue weighted by molar-refractivity contribution is 7.98. The number of anilines is 2. The van der Waals surface area contributed by atoms with Gasteiger partial charge in [0.1, 0.15) is 0 Å². The molecule has 0 saturated carbocycles. The molecule has 3 aromatic rings. The van der Waals surface area contributed by atoms with Crippen molar-refractivity contribution >= 4 is 39.8 Å². The minimum Gasteiger partial charge on any atom is -0.274 e. The second kappa shape index (κ2) is 7.85. The molecule has 0 fully saturated rings. The fourth-order valence-corrected chi connectivity index (χ4v) is 4.48. The molecule has 0 unspecified atom stereocenters. The molecule has 5 heteroatoms. The Morgan fingerprint density at radius 3 is 2.40 bits per heavy atom. The van der Waals surface area contributed by atoms with Gasteiger partial charge in [-0.25, -0.2) is 4.98 Å². The lowest BCUT2D eigenvalue weighted by atomic mass is 10.1. The second-order valence-electron chi connectivity index (χ2n) is 5.82. The van der Waals surface area contributed by atoms with E-state index in [9.17, 15) is 4.79 Å². The first-order valence-corrected chi connectivity index (χ1v) is 9.92. The van der Waals surface area contributed by atoms with Crippen LogP contribution in [-0.2, 0) is 10.5 Å². The summed E-state index contributed by atoms with van der Waals surface area (Å²) in [4.78, 5) is 20.0. The summed E-state index contributed by atoms with van der Waals surface area (Å²) in [6, 6.07) is 16.3. The number of hydrogen-bond acceptors (Lipinski definition) is 4. The van der Waals surface area contributed by atoms with Crippen LogP contribution in [0.4, 0.5) is 10.8 Å². The summed E-state index contributed by atoms with van der Waals surface area (Å²) < 4.78 is 0. The summed E-state index contributed by atoms with van der Waals surface area (Å²) in [6.07, 6.45) is 0. The Hall–Kier alpha value is -2.11. The second-order valence-corrected chi connectivity index (χ2v) is 7.70. The fourth-order valence-electron chi connectivity index (χ4n) is 2.69. The largest absolute Gasteiger partial charge is 0.274 e. The van der Waals surface area contributed by atoms with Gasteiger partial charge in [-0.2, -0.15) is 0 Å². The SMILES string of the molecule is CC(=O)N(c1nc(CSc2ccccc2)cs1)c1c(C)cccc1C. The fraction of sp³-hybridized carbons (Fsp3) is 0.200. The number of rotatable bonds is 5. The number of nitrogens with zero attached hydrogens (tertiary/aromatic N) is 2. The molecule has 25 heavy (non-hydrogen) atoms. The van der Waals surface area contributed by atoms with Crippen LogP contribution >= 0.6 is 23.1 Å². The molecule has 0 aliphatic rings. The smallest absolute Gasteiger partial charge is 0.230 e. The standard InChI is InChI=1S/C20H20N2OS2/c1-14-8-7-9-15(2)19(14)22(16(3)23)20-21-17(13-25-20)12-24-18-10-5-4-6-11-18/h4-11,13H,12H2,1-3H3. The van der Waals surface area contributed by atoms with Crippen molar-refractivity contribution in [2.24, 2.45) is 0 Å². The highest BCUT2D eigenvalue weighted by Crippen LogP contribution is 2.34. The van der Waals surface area contributed by atoms with Crippen LogP contribution in [0.25, 0.3) is 0 Å². The van der Waals surface area contributed by atoms with Crippen molar-refractivity contribution in [3.05, 3.63) is 70.7 Å². The molecule has 0 atom stereocenters. The number of thiazole rings is 1. The van der Waals surface area contributed by atoms with Gasteiger partial charge >= 0.3 is 0 Å². The Balaban J connectivity index is 1.84. The molecule has 1 aromatic heterocycles. The van der Waals surface area contributed by atoms with E-state index in [1.807, 2.05) is 55.6 Å². The van der Waals surface area contributed by atoms with Gasteiger partial charge in [-0.05, 0) is 37.1 Å². The number of hydrogen-bond donors (Lipinski definition) is 0. The maximum Gasteiger partial charge on any atom is 0.230 e. The molecule has 0 bridgehead atoms. The van der Waals surface area contributed by atoms with Gasteiger partial charge in [-0.3, -0.25) is 9.69 Å². The molecular formula is C20H20N2OS2. The Morgan fingerprint density at radius 2 is 1.76 bits per heavy atom. The molecule has 1 amide bonds. The Kier molecular flexibility index (Phi) is 5.56. The summed E-state index contributed by atoms with van der Waals surface area (Å²) in [5, 5.41) is 2.77. The summed E-state index contributed by atoms with van der Waals surface area (Å²) in [5.41, 5.74) is 4.08. The molecule has 0 aliphatic carbocycles. The Morgan fingerprint density at radius 1 is 1.08 bits per heavy atom. The first kappa shape index (κ1) is 17.7. The maximum atomic E-state index is 12.3. The van der Waals surface area contributed by atoms with E-state index in [4.69, 9.17) is 4.98 Å². The van der Waals surface area contributed by atoms with Crippen LogP contribution in [0.1, 0.15) is 23.7 Å². The number of carbonyl (C=O) groups is 1. The van der Waals surface area contributed by atoms with Crippen molar-refractivity contribution < 1.29 is 4.79 Å². The summed E-state index contributed by atoms with van der Waals surface area (Å²) >= 11 is 3.26. The topological polar surface area (TPSA) is 33.2 Å². The van der Waals surface area contributed by atoms with Gasteiger partial charge in [0.15, 0.2) is 5.13 Å². The zero-order chi connectivity index (χ0) is 17.8. The highest BCUT2D eigenvalue weighted by atomic mass is 32.2. The van der Waals surface area contributed by atoms with E-state index in [-0.39, 0.29) is 5.91 Å².